The highest BCUT2D eigenvalue weighted by atomic mass is 35.6. The van der Waals surface area contributed by atoms with Crippen molar-refractivity contribution in [2.75, 3.05) is 51.4 Å². The van der Waals surface area contributed by atoms with E-state index in [0.29, 0.717) is 28.9 Å². The van der Waals surface area contributed by atoms with Gasteiger partial charge in [0.15, 0.2) is 0 Å². The zero-order valence-corrected chi connectivity index (χ0v) is 22.3. The predicted octanol–water partition coefficient (Wildman–Crippen LogP) is 5.45. The number of rotatable bonds is 7. The van der Waals surface area contributed by atoms with E-state index < -0.39 is 16.5 Å². The van der Waals surface area contributed by atoms with Crippen LogP contribution in [0.5, 0.6) is 5.75 Å². The molecule has 0 saturated carbocycles. The van der Waals surface area contributed by atoms with Gasteiger partial charge in [0.1, 0.15) is 24.8 Å². The number of nitrogens with zero attached hydrogens (tertiary/aromatic N) is 3. The Morgan fingerprint density at radius 1 is 1.18 bits per heavy atom. The molecule has 0 spiro atoms. The fourth-order valence-corrected chi connectivity index (χ4v) is 3.50. The molecule has 1 saturated heterocycles. The van der Waals surface area contributed by atoms with E-state index in [9.17, 15) is 4.79 Å². The third-order valence-electron chi connectivity index (χ3n) is 5.00. The number of alkyl halides is 3. The molecular formula is C22H28Cl4N4O4. The fourth-order valence-electron chi connectivity index (χ4n) is 3.17. The van der Waals surface area contributed by atoms with Gasteiger partial charge in [-0.1, -0.05) is 67.2 Å². The van der Waals surface area contributed by atoms with E-state index in [1.54, 1.807) is 28.9 Å². The lowest BCUT2D eigenvalue weighted by Gasteiger charge is -2.26. The molecule has 0 aliphatic carbocycles. The minimum Gasteiger partial charge on any atom is -0.491 e. The molecule has 12 heteroatoms. The number of benzene rings is 1. The van der Waals surface area contributed by atoms with Crippen molar-refractivity contribution in [2.45, 2.75) is 30.0 Å². The summed E-state index contributed by atoms with van der Waals surface area (Å²) in [4.78, 5) is 14.6. The monoisotopic (exact) mass is 552 g/mol. The van der Waals surface area contributed by atoms with E-state index in [1.807, 2.05) is 20.8 Å². The third kappa shape index (κ3) is 8.07. The first-order valence-corrected chi connectivity index (χ1v) is 12.3. The maximum atomic E-state index is 12.3. The first-order valence-electron chi connectivity index (χ1n) is 10.8. The molecule has 1 fully saturated rings. The normalized spacial score (nSPS) is 15.3. The van der Waals surface area contributed by atoms with Gasteiger partial charge in [-0.25, -0.2) is 9.48 Å². The first kappa shape index (κ1) is 27.2. The Hall–Kier alpha value is -1.42. The van der Waals surface area contributed by atoms with Crippen molar-refractivity contribution in [3.8, 4) is 11.4 Å². The standard InChI is InChI=1S/C22H28Cl4N4O4/c1-21(2,3)18-13-19(27-20(31)34-14-22(24,25)26)30(28-18)15-4-5-16(23)17(12-15)33-11-8-29-6-9-32-10-7-29/h4-5,12-13H,6-11,14H2,1-3H3,(H,27,31). The number of carbonyl (C=O) groups excluding carboxylic acids is 1. The van der Waals surface area contributed by atoms with Gasteiger partial charge in [-0.15, -0.1) is 0 Å². The van der Waals surface area contributed by atoms with Crippen LogP contribution in [0, 0.1) is 0 Å². The predicted molar refractivity (Wildman–Crippen MR) is 135 cm³/mol. The van der Waals surface area contributed by atoms with Gasteiger partial charge in [0.2, 0.25) is 3.79 Å². The number of ether oxygens (including phenoxy) is 3. The number of aromatic nitrogens is 2. The Morgan fingerprint density at radius 2 is 1.88 bits per heavy atom. The van der Waals surface area contributed by atoms with Crippen LogP contribution in [-0.2, 0) is 14.9 Å². The van der Waals surface area contributed by atoms with Gasteiger partial charge >= 0.3 is 6.09 Å². The van der Waals surface area contributed by atoms with Crippen LogP contribution in [0.3, 0.4) is 0 Å². The molecule has 1 aromatic carbocycles. The average molecular weight is 554 g/mol. The highest BCUT2D eigenvalue weighted by molar-refractivity contribution is 6.67. The largest absolute Gasteiger partial charge is 0.491 e. The Morgan fingerprint density at radius 3 is 2.53 bits per heavy atom. The molecule has 2 aromatic rings. The van der Waals surface area contributed by atoms with Crippen molar-refractivity contribution < 1.29 is 19.0 Å². The third-order valence-corrected chi connectivity index (χ3v) is 5.64. The Balaban J connectivity index is 1.79. The Bertz CT molecular complexity index is 982. The number of hydrogen-bond acceptors (Lipinski definition) is 6. The first-order chi connectivity index (χ1) is 15.9. The molecule has 1 amide bonds. The summed E-state index contributed by atoms with van der Waals surface area (Å²) in [5.74, 6) is 0.908. The smallest absolute Gasteiger partial charge is 0.412 e. The van der Waals surface area contributed by atoms with Gasteiger partial charge in [-0.2, -0.15) is 5.10 Å². The maximum absolute atomic E-state index is 12.3. The van der Waals surface area contributed by atoms with Crippen LogP contribution in [0.1, 0.15) is 26.5 Å². The van der Waals surface area contributed by atoms with Crippen molar-refractivity contribution in [2.24, 2.45) is 0 Å². The molecule has 0 bridgehead atoms. The van der Waals surface area contributed by atoms with Crippen molar-refractivity contribution in [1.82, 2.24) is 14.7 Å². The second-order valence-corrected chi connectivity index (χ2v) is 11.7. The van der Waals surface area contributed by atoms with E-state index in [1.165, 1.54) is 0 Å². The minimum absolute atomic E-state index is 0.271. The summed E-state index contributed by atoms with van der Waals surface area (Å²) < 4.78 is 16.2. The van der Waals surface area contributed by atoms with Crippen LogP contribution in [0.2, 0.25) is 5.02 Å². The number of nitrogens with one attached hydrogen (secondary N) is 1. The summed E-state index contributed by atoms with van der Waals surface area (Å²) in [7, 11) is 0. The quantitative estimate of drug-likeness (QED) is 0.459. The van der Waals surface area contributed by atoms with Crippen molar-refractivity contribution in [3.63, 3.8) is 0 Å². The molecular weight excluding hydrogens is 526 g/mol. The average Bonchev–Trinajstić information content (AvgIpc) is 3.18. The van der Waals surface area contributed by atoms with Gasteiger partial charge < -0.3 is 14.2 Å². The Kier molecular flexibility index (Phi) is 9.23. The van der Waals surface area contributed by atoms with Crippen molar-refractivity contribution >= 4 is 58.3 Å². The van der Waals surface area contributed by atoms with Crippen LogP contribution in [-0.4, -0.2) is 70.6 Å². The second-order valence-electron chi connectivity index (χ2n) is 8.81. The van der Waals surface area contributed by atoms with Gasteiger partial charge in [0, 0.05) is 37.2 Å². The Labute approximate surface area is 219 Å². The maximum Gasteiger partial charge on any atom is 0.412 e. The lowest BCUT2D eigenvalue weighted by atomic mass is 9.92. The molecule has 2 heterocycles. The molecule has 1 N–H and O–H groups in total. The number of amides is 1. The van der Waals surface area contributed by atoms with E-state index in [0.717, 1.165) is 38.5 Å². The highest BCUT2D eigenvalue weighted by Gasteiger charge is 2.25. The van der Waals surface area contributed by atoms with Crippen LogP contribution < -0.4 is 10.1 Å². The molecule has 34 heavy (non-hydrogen) atoms. The molecule has 0 unspecified atom stereocenters. The molecule has 188 valence electrons. The summed E-state index contributed by atoms with van der Waals surface area (Å²) >= 11 is 23.4. The zero-order valence-electron chi connectivity index (χ0n) is 19.2. The SMILES string of the molecule is CC(C)(C)c1cc(NC(=O)OCC(Cl)(Cl)Cl)n(-c2ccc(Cl)c(OCCN3CCOCC3)c2)n1. The minimum atomic E-state index is -1.71. The molecule has 1 aliphatic heterocycles. The van der Waals surface area contributed by atoms with Gasteiger partial charge in [0.25, 0.3) is 0 Å². The summed E-state index contributed by atoms with van der Waals surface area (Å²) in [6, 6.07) is 7.06. The van der Waals surface area contributed by atoms with Gasteiger partial charge in [-0.05, 0) is 12.1 Å². The zero-order chi connectivity index (χ0) is 24.9. The van der Waals surface area contributed by atoms with E-state index in [-0.39, 0.29) is 5.41 Å². The van der Waals surface area contributed by atoms with E-state index in [4.69, 9.17) is 60.6 Å². The molecule has 0 atom stereocenters. The van der Waals surface area contributed by atoms with Gasteiger partial charge in [0.05, 0.1) is 29.6 Å². The second kappa shape index (κ2) is 11.5. The number of halogens is 4. The van der Waals surface area contributed by atoms with E-state index in [2.05, 4.69) is 15.3 Å². The lowest BCUT2D eigenvalue weighted by molar-refractivity contribution is 0.0322. The molecule has 3 rings (SSSR count). The summed E-state index contributed by atoms with van der Waals surface area (Å²) in [5, 5.41) is 7.83. The highest BCUT2D eigenvalue weighted by Crippen LogP contribution is 2.31. The van der Waals surface area contributed by atoms with Gasteiger partial charge in [-0.3, -0.25) is 10.2 Å². The lowest BCUT2D eigenvalue weighted by Crippen LogP contribution is -2.38. The number of carbonyl (C=O) groups is 1. The fraction of sp³-hybridized carbons (Fsp3) is 0.545. The summed E-state index contributed by atoms with van der Waals surface area (Å²) in [5.41, 5.74) is 1.14. The number of morpholine rings is 1. The molecule has 0 radical (unpaired) electrons. The van der Waals surface area contributed by atoms with Crippen LogP contribution >= 0.6 is 46.4 Å². The molecule has 1 aliphatic rings. The van der Waals surface area contributed by atoms with Crippen LogP contribution in [0.25, 0.3) is 5.69 Å². The van der Waals surface area contributed by atoms with E-state index >= 15 is 0 Å². The number of hydrogen-bond donors (Lipinski definition) is 1. The molecule has 1 aromatic heterocycles. The van der Waals surface area contributed by atoms with Crippen molar-refractivity contribution in [3.05, 3.63) is 35.0 Å². The van der Waals surface area contributed by atoms with Crippen LogP contribution in [0.4, 0.5) is 10.6 Å². The summed E-state index contributed by atoms with van der Waals surface area (Å²) in [6.07, 6.45) is -0.774. The van der Waals surface area contributed by atoms with Crippen molar-refractivity contribution in [1.29, 1.82) is 0 Å². The van der Waals surface area contributed by atoms with Crippen LogP contribution in [0.15, 0.2) is 24.3 Å². The number of anilines is 1. The topological polar surface area (TPSA) is 77.8 Å². The summed E-state index contributed by atoms with van der Waals surface area (Å²) in [6.45, 7) is 10.1. The molecule has 8 nitrogen and oxygen atoms in total.